The average molecular weight is 421 g/mol. The zero-order valence-corrected chi connectivity index (χ0v) is 18.1. The van der Waals surface area contributed by atoms with Crippen LogP contribution in [-0.4, -0.2) is 58.5 Å². The van der Waals surface area contributed by atoms with Crippen molar-refractivity contribution in [3.63, 3.8) is 0 Å². The molecular weight excluding hydrogens is 388 g/mol. The number of rotatable bonds is 3. The predicted octanol–water partition coefficient (Wildman–Crippen LogP) is 2.92. The Morgan fingerprint density at radius 1 is 1.03 bits per heavy atom. The first-order valence-electron chi connectivity index (χ1n) is 12.0. The van der Waals surface area contributed by atoms with Gasteiger partial charge in [0, 0.05) is 29.9 Å². The number of carbonyl (C=O) groups is 2. The quantitative estimate of drug-likeness (QED) is 0.765. The third kappa shape index (κ3) is 3.87. The summed E-state index contributed by atoms with van der Waals surface area (Å²) in [5.41, 5.74) is 2.14. The summed E-state index contributed by atoms with van der Waals surface area (Å²) in [5, 5.41) is 9.99. The van der Waals surface area contributed by atoms with Gasteiger partial charge in [0.2, 0.25) is 11.8 Å². The third-order valence-corrected chi connectivity index (χ3v) is 7.84. The molecule has 0 unspecified atom stereocenters. The Hall–Kier alpha value is -2.32. The maximum atomic E-state index is 12.9. The van der Waals surface area contributed by atoms with Crippen LogP contribution in [0.2, 0.25) is 0 Å². The molecule has 2 aliphatic carbocycles. The Morgan fingerprint density at radius 3 is 2.39 bits per heavy atom. The van der Waals surface area contributed by atoms with E-state index in [1.54, 1.807) is 4.90 Å². The molecule has 0 spiro atoms. The zero-order chi connectivity index (χ0) is 21.4. The second-order valence-electron chi connectivity index (χ2n) is 9.72. The van der Waals surface area contributed by atoms with Gasteiger partial charge in [-0.3, -0.25) is 9.59 Å². The first-order chi connectivity index (χ1) is 15.2. The molecular formula is C26H32N2O3. The standard InChI is InChI=1S/C26H32N2O3/c29-17-23-25(20-13-11-19(12-14-20)10-9-18-5-1-2-6-18)22-15-27(16-24(30)28(22)23)26(31)21-7-3-4-8-21/h11-14,18,21-23,25,29H,1-8,15-17H2/t22-,23+,25-/m1/s1. The van der Waals surface area contributed by atoms with E-state index in [0.29, 0.717) is 12.5 Å². The minimum absolute atomic E-state index is 0.0306. The molecule has 1 aromatic rings. The van der Waals surface area contributed by atoms with Gasteiger partial charge in [-0.05, 0) is 43.4 Å². The summed E-state index contributed by atoms with van der Waals surface area (Å²) in [6.07, 6.45) is 9.13. The molecule has 2 saturated heterocycles. The van der Waals surface area contributed by atoms with Crippen molar-refractivity contribution in [2.24, 2.45) is 11.8 Å². The molecule has 1 N–H and O–H groups in total. The summed E-state index contributed by atoms with van der Waals surface area (Å²) in [7, 11) is 0. The number of carbonyl (C=O) groups excluding carboxylic acids is 2. The van der Waals surface area contributed by atoms with Crippen LogP contribution < -0.4 is 0 Å². The lowest BCUT2D eigenvalue weighted by Crippen LogP contribution is -2.73. The highest BCUT2D eigenvalue weighted by Crippen LogP contribution is 2.43. The van der Waals surface area contributed by atoms with E-state index in [4.69, 9.17) is 0 Å². The number of amides is 2. The molecule has 5 heteroatoms. The van der Waals surface area contributed by atoms with Gasteiger partial charge in [0.1, 0.15) is 0 Å². The molecule has 0 aromatic heterocycles. The number of benzene rings is 1. The lowest BCUT2D eigenvalue weighted by molar-refractivity contribution is -0.168. The van der Waals surface area contributed by atoms with Gasteiger partial charge in [-0.15, -0.1) is 0 Å². The second-order valence-corrected chi connectivity index (χ2v) is 9.72. The van der Waals surface area contributed by atoms with Crippen molar-refractivity contribution in [3.8, 4) is 11.8 Å². The van der Waals surface area contributed by atoms with Crippen molar-refractivity contribution in [2.45, 2.75) is 69.4 Å². The number of aliphatic hydroxyl groups excluding tert-OH is 1. The summed E-state index contributed by atoms with van der Waals surface area (Å²) in [4.78, 5) is 29.3. The number of fused-ring (bicyclic) bond motifs is 1. The van der Waals surface area contributed by atoms with Crippen LogP contribution in [0, 0.1) is 23.7 Å². The minimum Gasteiger partial charge on any atom is -0.394 e. The molecule has 164 valence electrons. The molecule has 0 radical (unpaired) electrons. The summed E-state index contributed by atoms with van der Waals surface area (Å²) >= 11 is 0. The van der Waals surface area contributed by atoms with E-state index in [9.17, 15) is 14.7 Å². The summed E-state index contributed by atoms with van der Waals surface area (Å²) < 4.78 is 0. The highest BCUT2D eigenvalue weighted by Gasteiger charge is 2.54. The van der Waals surface area contributed by atoms with Crippen LogP contribution in [-0.2, 0) is 9.59 Å². The van der Waals surface area contributed by atoms with Gasteiger partial charge in [-0.2, -0.15) is 0 Å². The van der Waals surface area contributed by atoms with Gasteiger partial charge >= 0.3 is 0 Å². The first-order valence-corrected chi connectivity index (χ1v) is 12.0. The summed E-state index contributed by atoms with van der Waals surface area (Å²) in [6, 6.07) is 8.05. The molecule has 5 nitrogen and oxygen atoms in total. The van der Waals surface area contributed by atoms with Gasteiger partial charge in [0.15, 0.2) is 0 Å². The van der Waals surface area contributed by atoms with Crippen molar-refractivity contribution in [1.29, 1.82) is 0 Å². The van der Waals surface area contributed by atoms with E-state index in [1.807, 2.05) is 4.90 Å². The zero-order valence-electron chi connectivity index (χ0n) is 18.1. The molecule has 4 fully saturated rings. The van der Waals surface area contributed by atoms with Crippen LogP contribution in [0.3, 0.4) is 0 Å². The average Bonchev–Trinajstić information content (AvgIpc) is 3.48. The number of hydrogen-bond acceptors (Lipinski definition) is 3. The molecule has 5 rings (SSSR count). The molecule has 2 amide bonds. The highest BCUT2D eigenvalue weighted by molar-refractivity contribution is 5.88. The van der Waals surface area contributed by atoms with Crippen molar-refractivity contribution >= 4 is 11.8 Å². The Kier molecular flexibility index (Phi) is 5.75. The Labute approximate surface area is 184 Å². The maximum Gasteiger partial charge on any atom is 0.242 e. The topological polar surface area (TPSA) is 60.9 Å². The molecule has 0 bridgehead atoms. The number of aliphatic hydroxyl groups is 1. The van der Waals surface area contributed by atoms with Crippen LogP contribution in [0.5, 0.6) is 0 Å². The predicted molar refractivity (Wildman–Crippen MR) is 118 cm³/mol. The first kappa shape index (κ1) is 20.6. The van der Waals surface area contributed by atoms with Crippen molar-refractivity contribution in [2.75, 3.05) is 19.7 Å². The van der Waals surface area contributed by atoms with E-state index in [2.05, 4.69) is 36.1 Å². The molecule has 2 aliphatic heterocycles. The number of piperazine rings is 1. The van der Waals surface area contributed by atoms with E-state index in [0.717, 1.165) is 36.8 Å². The van der Waals surface area contributed by atoms with Crippen LogP contribution >= 0.6 is 0 Å². The van der Waals surface area contributed by atoms with Crippen molar-refractivity contribution < 1.29 is 14.7 Å². The van der Waals surface area contributed by atoms with E-state index in [-0.39, 0.29) is 48.9 Å². The van der Waals surface area contributed by atoms with Gasteiger partial charge in [-0.25, -0.2) is 0 Å². The van der Waals surface area contributed by atoms with Crippen LogP contribution in [0.15, 0.2) is 24.3 Å². The summed E-state index contributed by atoms with van der Waals surface area (Å²) in [6.45, 7) is 0.683. The number of hydrogen-bond donors (Lipinski definition) is 1. The van der Waals surface area contributed by atoms with Crippen LogP contribution in [0.25, 0.3) is 0 Å². The normalized spacial score (nSPS) is 28.8. The lowest BCUT2D eigenvalue weighted by Gasteiger charge is -2.59. The van der Waals surface area contributed by atoms with Gasteiger partial charge in [0.05, 0.1) is 25.2 Å². The SMILES string of the molecule is O=C(C1CCCC1)N1CC(=O)N2[C@H](C1)[C@@H](c1ccc(C#CC3CCCC3)cc1)[C@@H]2CO. The Balaban J connectivity index is 1.31. The van der Waals surface area contributed by atoms with Crippen LogP contribution in [0.4, 0.5) is 0 Å². The fraction of sp³-hybridized carbons (Fsp3) is 0.615. The third-order valence-electron chi connectivity index (χ3n) is 7.84. The fourth-order valence-electron chi connectivity index (χ4n) is 6.14. The molecule has 31 heavy (non-hydrogen) atoms. The van der Waals surface area contributed by atoms with Gasteiger partial charge < -0.3 is 14.9 Å². The summed E-state index contributed by atoms with van der Waals surface area (Å²) in [5.74, 6) is 7.52. The van der Waals surface area contributed by atoms with E-state index < -0.39 is 0 Å². The maximum absolute atomic E-state index is 12.9. The minimum atomic E-state index is -0.198. The molecule has 3 atom stereocenters. The smallest absolute Gasteiger partial charge is 0.242 e. The Morgan fingerprint density at radius 2 is 1.71 bits per heavy atom. The number of nitrogens with zero attached hydrogens (tertiary/aromatic N) is 2. The molecule has 1 aromatic carbocycles. The van der Waals surface area contributed by atoms with Crippen molar-refractivity contribution in [1.82, 2.24) is 9.80 Å². The molecule has 4 aliphatic rings. The monoisotopic (exact) mass is 420 g/mol. The molecule has 2 heterocycles. The van der Waals surface area contributed by atoms with Crippen LogP contribution in [0.1, 0.15) is 68.4 Å². The fourth-order valence-corrected chi connectivity index (χ4v) is 6.14. The van der Waals surface area contributed by atoms with E-state index in [1.165, 1.54) is 25.7 Å². The lowest BCUT2D eigenvalue weighted by atomic mass is 9.73. The van der Waals surface area contributed by atoms with Gasteiger partial charge in [0.25, 0.3) is 0 Å². The Bertz CT molecular complexity index is 887. The highest BCUT2D eigenvalue weighted by atomic mass is 16.3. The second kappa shape index (κ2) is 8.67. The largest absolute Gasteiger partial charge is 0.394 e. The van der Waals surface area contributed by atoms with E-state index >= 15 is 0 Å². The molecule has 2 saturated carbocycles. The van der Waals surface area contributed by atoms with Gasteiger partial charge in [-0.1, -0.05) is 49.7 Å². The van der Waals surface area contributed by atoms with Crippen molar-refractivity contribution in [3.05, 3.63) is 35.4 Å².